The molecule has 10 rings (SSSR count). The molecular formula is C48H32N2O. The highest BCUT2D eigenvalue weighted by molar-refractivity contribution is 6.13. The largest absolute Gasteiger partial charge is 0.453 e. The van der Waals surface area contributed by atoms with Crippen LogP contribution < -0.4 is 9.64 Å². The number of ether oxygens (including phenoxy) is 1. The first-order valence-electron chi connectivity index (χ1n) is 17.4. The molecule has 1 aliphatic rings. The quantitative estimate of drug-likeness (QED) is 0.178. The molecule has 1 aromatic heterocycles. The number of rotatable bonds is 6. The highest BCUT2D eigenvalue weighted by Crippen LogP contribution is 2.46. The van der Waals surface area contributed by atoms with Crippen molar-refractivity contribution in [2.75, 3.05) is 4.90 Å². The Morgan fingerprint density at radius 1 is 0.373 bits per heavy atom. The summed E-state index contributed by atoms with van der Waals surface area (Å²) in [6, 6.07) is 69.1. The minimum Gasteiger partial charge on any atom is -0.453 e. The molecule has 2 heterocycles. The first-order chi connectivity index (χ1) is 25.3. The summed E-state index contributed by atoms with van der Waals surface area (Å²) in [6.07, 6.45) is 0. The van der Waals surface area contributed by atoms with E-state index in [1.54, 1.807) is 0 Å². The van der Waals surface area contributed by atoms with Crippen LogP contribution in [0.15, 0.2) is 194 Å². The molecule has 3 heteroatoms. The first kappa shape index (κ1) is 29.1. The summed E-state index contributed by atoms with van der Waals surface area (Å²) in [7, 11) is 0. The third-order valence-corrected chi connectivity index (χ3v) is 10.00. The number of aromatic nitrogens is 1. The zero-order chi connectivity index (χ0) is 33.7. The second-order valence-corrected chi connectivity index (χ2v) is 13.0. The van der Waals surface area contributed by atoms with E-state index in [4.69, 9.17) is 4.74 Å². The predicted octanol–water partition coefficient (Wildman–Crippen LogP) is 13.4. The fourth-order valence-electron chi connectivity index (χ4n) is 7.62. The standard InChI is InChI=1S/C48H32N2O/c1-3-12-34(13-4-1)40-16-7-8-17-41(40)35-24-29-39(30-25-35)49(37-14-5-2-6-15-37)38-27-22-33(23-28-38)36-26-31-42-43-18-11-21-47-48(43)50(45(42)32-36)44-19-9-10-20-46(44)51-47/h1-32H. The van der Waals surface area contributed by atoms with E-state index < -0.39 is 0 Å². The van der Waals surface area contributed by atoms with E-state index >= 15 is 0 Å². The number of benzene rings is 8. The Morgan fingerprint density at radius 3 is 1.65 bits per heavy atom. The summed E-state index contributed by atoms with van der Waals surface area (Å²) in [4.78, 5) is 2.32. The number of nitrogens with zero attached hydrogens (tertiary/aromatic N) is 2. The van der Waals surface area contributed by atoms with E-state index in [0.29, 0.717) is 0 Å². The van der Waals surface area contributed by atoms with Gasteiger partial charge in [-0.2, -0.15) is 0 Å². The molecule has 1 aliphatic heterocycles. The smallest absolute Gasteiger partial charge is 0.152 e. The van der Waals surface area contributed by atoms with Crippen LogP contribution >= 0.6 is 0 Å². The monoisotopic (exact) mass is 652 g/mol. The highest BCUT2D eigenvalue weighted by Gasteiger charge is 2.23. The molecule has 0 saturated carbocycles. The third-order valence-electron chi connectivity index (χ3n) is 10.00. The molecule has 9 aromatic rings. The number of para-hydroxylation sites is 4. The van der Waals surface area contributed by atoms with Crippen molar-refractivity contribution >= 4 is 38.9 Å². The van der Waals surface area contributed by atoms with Crippen LogP contribution in [0.4, 0.5) is 17.1 Å². The van der Waals surface area contributed by atoms with Crippen LogP contribution in [0.2, 0.25) is 0 Å². The van der Waals surface area contributed by atoms with Gasteiger partial charge in [-0.05, 0) is 94.0 Å². The van der Waals surface area contributed by atoms with E-state index in [-0.39, 0.29) is 0 Å². The summed E-state index contributed by atoms with van der Waals surface area (Å²) in [5, 5.41) is 2.42. The van der Waals surface area contributed by atoms with Crippen molar-refractivity contribution in [1.82, 2.24) is 4.57 Å². The first-order valence-corrected chi connectivity index (χ1v) is 17.4. The lowest BCUT2D eigenvalue weighted by Crippen LogP contribution is -2.09. The van der Waals surface area contributed by atoms with Gasteiger partial charge in [-0.1, -0.05) is 133 Å². The van der Waals surface area contributed by atoms with Crippen molar-refractivity contribution in [3.8, 4) is 50.6 Å². The van der Waals surface area contributed by atoms with Crippen LogP contribution in [0.5, 0.6) is 11.5 Å². The molecule has 0 radical (unpaired) electrons. The van der Waals surface area contributed by atoms with Crippen LogP contribution in [-0.2, 0) is 0 Å². The third kappa shape index (κ3) is 4.90. The van der Waals surface area contributed by atoms with Gasteiger partial charge in [-0.15, -0.1) is 0 Å². The zero-order valence-electron chi connectivity index (χ0n) is 27.8. The second-order valence-electron chi connectivity index (χ2n) is 13.0. The Labute approximate surface area is 296 Å². The van der Waals surface area contributed by atoms with Gasteiger partial charge in [0, 0.05) is 27.8 Å². The molecule has 0 saturated heterocycles. The summed E-state index contributed by atoms with van der Waals surface area (Å²) in [5.41, 5.74) is 13.9. The molecule has 3 nitrogen and oxygen atoms in total. The minimum atomic E-state index is 0.874. The average molecular weight is 653 g/mol. The second kappa shape index (κ2) is 11.9. The molecule has 0 fully saturated rings. The molecule has 0 aliphatic carbocycles. The zero-order valence-corrected chi connectivity index (χ0v) is 27.8. The van der Waals surface area contributed by atoms with Crippen LogP contribution in [0.25, 0.3) is 60.9 Å². The summed E-state index contributed by atoms with van der Waals surface area (Å²) in [5.74, 6) is 1.77. The van der Waals surface area contributed by atoms with Gasteiger partial charge in [0.2, 0.25) is 0 Å². The topological polar surface area (TPSA) is 17.4 Å². The molecule has 0 bridgehead atoms. The van der Waals surface area contributed by atoms with E-state index in [1.165, 1.54) is 49.7 Å². The van der Waals surface area contributed by atoms with E-state index in [2.05, 4.69) is 191 Å². The maximum absolute atomic E-state index is 6.33. The molecule has 0 spiro atoms. The number of hydrogen-bond acceptors (Lipinski definition) is 2. The van der Waals surface area contributed by atoms with Crippen molar-refractivity contribution in [3.05, 3.63) is 194 Å². The fourth-order valence-corrected chi connectivity index (χ4v) is 7.62. The lowest BCUT2D eigenvalue weighted by molar-refractivity contribution is 0.476. The van der Waals surface area contributed by atoms with E-state index in [9.17, 15) is 0 Å². The Bertz CT molecular complexity index is 2690. The lowest BCUT2D eigenvalue weighted by Gasteiger charge is -2.26. The van der Waals surface area contributed by atoms with Gasteiger partial charge in [0.05, 0.1) is 16.7 Å². The van der Waals surface area contributed by atoms with Crippen molar-refractivity contribution < 1.29 is 4.74 Å². The summed E-state index contributed by atoms with van der Waals surface area (Å²) in [6.45, 7) is 0. The van der Waals surface area contributed by atoms with E-state index in [0.717, 1.165) is 39.8 Å². The Hall–Kier alpha value is -6.84. The summed E-state index contributed by atoms with van der Waals surface area (Å²) < 4.78 is 8.69. The minimum absolute atomic E-state index is 0.874. The van der Waals surface area contributed by atoms with Gasteiger partial charge in [0.15, 0.2) is 11.5 Å². The molecule has 51 heavy (non-hydrogen) atoms. The highest BCUT2D eigenvalue weighted by atomic mass is 16.5. The van der Waals surface area contributed by atoms with Crippen molar-refractivity contribution in [2.45, 2.75) is 0 Å². The summed E-state index contributed by atoms with van der Waals surface area (Å²) >= 11 is 0. The molecule has 0 atom stereocenters. The van der Waals surface area contributed by atoms with Crippen LogP contribution in [0.1, 0.15) is 0 Å². The molecule has 0 N–H and O–H groups in total. The van der Waals surface area contributed by atoms with Crippen molar-refractivity contribution in [1.29, 1.82) is 0 Å². The normalized spacial score (nSPS) is 11.7. The van der Waals surface area contributed by atoms with Gasteiger partial charge < -0.3 is 14.2 Å². The van der Waals surface area contributed by atoms with Gasteiger partial charge >= 0.3 is 0 Å². The predicted molar refractivity (Wildman–Crippen MR) is 212 cm³/mol. The molecule has 0 amide bonds. The van der Waals surface area contributed by atoms with E-state index in [1.807, 2.05) is 12.1 Å². The van der Waals surface area contributed by atoms with Crippen LogP contribution in [-0.4, -0.2) is 4.57 Å². The maximum Gasteiger partial charge on any atom is 0.152 e. The van der Waals surface area contributed by atoms with Crippen molar-refractivity contribution in [2.24, 2.45) is 0 Å². The van der Waals surface area contributed by atoms with Crippen LogP contribution in [0.3, 0.4) is 0 Å². The fraction of sp³-hybridized carbons (Fsp3) is 0. The van der Waals surface area contributed by atoms with Gasteiger partial charge in [-0.25, -0.2) is 0 Å². The molecule has 240 valence electrons. The molecule has 0 unspecified atom stereocenters. The number of fused-ring (bicyclic) bond motifs is 5. The van der Waals surface area contributed by atoms with Crippen LogP contribution in [0, 0.1) is 0 Å². The lowest BCUT2D eigenvalue weighted by atomic mass is 9.94. The van der Waals surface area contributed by atoms with Gasteiger partial charge in [0.1, 0.15) is 0 Å². The number of anilines is 3. The van der Waals surface area contributed by atoms with Gasteiger partial charge in [-0.3, -0.25) is 0 Å². The molecule has 8 aromatic carbocycles. The van der Waals surface area contributed by atoms with Gasteiger partial charge in [0.25, 0.3) is 0 Å². The SMILES string of the molecule is c1ccc(-c2ccccc2-c2ccc(N(c3ccccc3)c3ccc(-c4ccc5c6cccc7c6n(c5c4)-c4ccccc4O7)cc3)cc2)cc1. The average Bonchev–Trinajstić information content (AvgIpc) is 3.54. The Balaban J connectivity index is 1.03. The Kier molecular flexibility index (Phi) is 6.81. The van der Waals surface area contributed by atoms with Crippen molar-refractivity contribution in [3.63, 3.8) is 0 Å². The Morgan fingerprint density at radius 2 is 0.922 bits per heavy atom. The number of hydrogen-bond donors (Lipinski definition) is 0. The maximum atomic E-state index is 6.33. The molecular weight excluding hydrogens is 621 g/mol.